The third-order valence-electron chi connectivity index (χ3n) is 12.8. The molecular weight excluding hydrogens is 721 g/mol. The summed E-state index contributed by atoms with van der Waals surface area (Å²) in [7, 11) is 0. The van der Waals surface area contributed by atoms with E-state index in [1.807, 2.05) is 11.3 Å². The smallest absolute Gasteiger partial charge is 0.0726 e. The Bertz CT molecular complexity index is 3360. The number of para-hydroxylation sites is 3. The van der Waals surface area contributed by atoms with E-state index < -0.39 is 5.41 Å². The van der Waals surface area contributed by atoms with Crippen LogP contribution >= 0.6 is 11.3 Å². The molecule has 9 aromatic carbocycles. The number of hydrogen-bond donors (Lipinski definition) is 0. The number of benzene rings is 9. The fraction of sp³-hybridized carbons (Fsp3) is 0.0182. The van der Waals surface area contributed by atoms with Crippen LogP contribution in [-0.4, -0.2) is 4.57 Å². The van der Waals surface area contributed by atoms with Crippen LogP contribution in [0, 0.1) is 0 Å². The number of rotatable bonds is 4. The number of hydrogen-bond acceptors (Lipinski definition) is 2. The molecule has 0 radical (unpaired) electrons. The van der Waals surface area contributed by atoms with Crippen molar-refractivity contribution < 1.29 is 0 Å². The van der Waals surface area contributed by atoms with E-state index in [1.165, 1.54) is 92.2 Å². The Morgan fingerprint density at radius 2 is 0.879 bits per heavy atom. The minimum Gasteiger partial charge on any atom is -0.310 e. The standard InChI is InChI=1S/C55H34N2S/c1-2-15-35(16-3-1)56(36-29-31-41-40-19-6-11-25-48(40)55(49(41)33-36)46-23-9-4-17-38(46)39-18-5-10-24-47(39)55)37-30-32-44-45-22-14-28-52(54(45)58-53(44)34-37)57-50-26-12-7-20-42(50)43-21-8-13-27-51(43)57/h1-34H. The highest BCUT2D eigenvalue weighted by Gasteiger charge is 2.51. The second kappa shape index (κ2) is 11.9. The zero-order valence-electron chi connectivity index (χ0n) is 31.4. The van der Waals surface area contributed by atoms with Crippen molar-refractivity contribution in [3.05, 3.63) is 229 Å². The van der Waals surface area contributed by atoms with E-state index in [0.29, 0.717) is 0 Å². The van der Waals surface area contributed by atoms with Crippen LogP contribution < -0.4 is 4.90 Å². The predicted octanol–water partition coefficient (Wildman–Crippen LogP) is 15.0. The van der Waals surface area contributed by atoms with Crippen molar-refractivity contribution in [2.24, 2.45) is 0 Å². The molecule has 0 N–H and O–H groups in total. The topological polar surface area (TPSA) is 8.17 Å². The van der Waals surface area contributed by atoms with Gasteiger partial charge in [-0.25, -0.2) is 0 Å². The van der Waals surface area contributed by atoms with Crippen molar-refractivity contribution in [3.8, 4) is 27.9 Å². The van der Waals surface area contributed by atoms with Crippen LogP contribution in [0.15, 0.2) is 206 Å². The summed E-state index contributed by atoms with van der Waals surface area (Å²) in [6.07, 6.45) is 0. The summed E-state index contributed by atoms with van der Waals surface area (Å²) in [6, 6.07) is 76.6. The molecule has 13 rings (SSSR count). The van der Waals surface area contributed by atoms with Crippen LogP contribution in [0.25, 0.3) is 69.9 Å². The van der Waals surface area contributed by atoms with Gasteiger partial charge >= 0.3 is 0 Å². The molecule has 2 heterocycles. The van der Waals surface area contributed by atoms with Crippen LogP contribution in [-0.2, 0) is 5.41 Å². The Morgan fingerprint density at radius 1 is 0.362 bits per heavy atom. The van der Waals surface area contributed by atoms with E-state index in [4.69, 9.17) is 0 Å². The lowest BCUT2D eigenvalue weighted by molar-refractivity contribution is 0.793. The van der Waals surface area contributed by atoms with Crippen LogP contribution in [0.5, 0.6) is 0 Å². The fourth-order valence-electron chi connectivity index (χ4n) is 10.5. The van der Waals surface area contributed by atoms with Crippen molar-refractivity contribution in [2.75, 3.05) is 4.90 Å². The summed E-state index contributed by atoms with van der Waals surface area (Å²) in [6.45, 7) is 0. The molecule has 2 aliphatic rings. The molecule has 58 heavy (non-hydrogen) atoms. The summed E-state index contributed by atoms with van der Waals surface area (Å²) in [5.74, 6) is 0. The summed E-state index contributed by atoms with van der Waals surface area (Å²) in [5, 5.41) is 5.12. The molecule has 2 aromatic heterocycles. The number of aromatic nitrogens is 1. The Kier molecular flexibility index (Phi) is 6.56. The molecule has 0 atom stereocenters. The number of anilines is 3. The number of nitrogens with zero attached hydrogens (tertiary/aromatic N) is 2. The SMILES string of the molecule is c1ccc(N(c2ccc3c(c2)C2(c4ccccc4-c4ccccc42)c2ccccc2-3)c2ccc3c(c2)sc2c(-n4c5ccccc5c5ccccc54)cccc23)cc1. The second-order valence-electron chi connectivity index (χ2n) is 15.6. The van der Waals surface area contributed by atoms with Gasteiger partial charge in [0.05, 0.1) is 26.8 Å². The van der Waals surface area contributed by atoms with Gasteiger partial charge in [-0.05, 0) is 99.1 Å². The molecule has 2 aliphatic carbocycles. The van der Waals surface area contributed by atoms with Gasteiger partial charge in [0, 0.05) is 43.3 Å². The van der Waals surface area contributed by atoms with Gasteiger partial charge in [-0.2, -0.15) is 0 Å². The van der Waals surface area contributed by atoms with Gasteiger partial charge in [-0.3, -0.25) is 0 Å². The van der Waals surface area contributed by atoms with Gasteiger partial charge in [0.25, 0.3) is 0 Å². The Hall–Kier alpha value is -7.20. The first-order chi connectivity index (χ1) is 28.8. The van der Waals surface area contributed by atoms with Gasteiger partial charge in [-0.15, -0.1) is 11.3 Å². The van der Waals surface area contributed by atoms with Crippen LogP contribution in [0.2, 0.25) is 0 Å². The Labute approximate surface area is 340 Å². The third kappa shape index (κ3) is 4.16. The van der Waals surface area contributed by atoms with Gasteiger partial charge in [0.2, 0.25) is 0 Å². The molecule has 0 aliphatic heterocycles. The molecule has 0 saturated carbocycles. The van der Waals surface area contributed by atoms with E-state index in [0.717, 1.165) is 17.1 Å². The van der Waals surface area contributed by atoms with E-state index in [9.17, 15) is 0 Å². The molecule has 1 spiro atoms. The largest absolute Gasteiger partial charge is 0.310 e. The normalized spacial score (nSPS) is 13.3. The lowest BCUT2D eigenvalue weighted by Crippen LogP contribution is -2.26. The maximum absolute atomic E-state index is 2.48. The maximum atomic E-state index is 2.48. The lowest BCUT2D eigenvalue weighted by Gasteiger charge is -2.32. The molecule has 11 aromatic rings. The average molecular weight is 755 g/mol. The van der Waals surface area contributed by atoms with Gasteiger partial charge in [0.1, 0.15) is 0 Å². The molecule has 0 unspecified atom stereocenters. The van der Waals surface area contributed by atoms with E-state index in [-0.39, 0.29) is 0 Å². The van der Waals surface area contributed by atoms with E-state index in [1.54, 1.807) is 0 Å². The zero-order chi connectivity index (χ0) is 38.0. The average Bonchev–Trinajstić information content (AvgIpc) is 4.00. The number of fused-ring (bicyclic) bond motifs is 16. The highest BCUT2D eigenvalue weighted by molar-refractivity contribution is 7.26. The highest BCUT2D eigenvalue weighted by Crippen LogP contribution is 2.63. The van der Waals surface area contributed by atoms with Gasteiger partial charge < -0.3 is 9.47 Å². The minimum atomic E-state index is -0.407. The van der Waals surface area contributed by atoms with E-state index >= 15 is 0 Å². The first kappa shape index (κ1) is 31.9. The maximum Gasteiger partial charge on any atom is 0.0726 e. The second-order valence-corrected chi connectivity index (χ2v) is 16.6. The van der Waals surface area contributed by atoms with Crippen molar-refractivity contribution >= 4 is 70.4 Å². The van der Waals surface area contributed by atoms with Crippen molar-refractivity contribution in [1.82, 2.24) is 4.57 Å². The van der Waals surface area contributed by atoms with Crippen molar-refractivity contribution in [3.63, 3.8) is 0 Å². The first-order valence-corrected chi connectivity index (χ1v) is 20.8. The summed E-state index contributed by atoms with van der Waals surface area (Å²) in [5.41, 5.74) is 17.4. The molecule has 270 valence electrons. The minimum absolute atomic E-state index is 0.407. The molecule has 2 nitrogen and oxygen atoms in total. The molecule has 3 heteroatoms. The molecule has 0 fully saturated rings. The Morgan fingerprint density at radius 3 is 1.53 bits per heavy atom. The van der Waals surface area contributed by atoms with Crippen molar-refractivity contribution in [1.29, 1.82) is 0 Å². The predicted molar refractivity (Wildman–Crippen MR) is 245 cm³/mol. The highest BCUT2D eigenvalue weighted by atomic mass is 32.1. The van der Waals surface area contributed by atoms with Crippen LogP contribution in [0.3, 0.4) is 0 Å². The van der Waals surface area contributed by atoms with Crippen LogP contribution in [0.4, 0.5) is 17.1 Å². The quantitative estimate of drug-likeness (QED) is 0.174. The molecule has 0 amide bonds. The van der Waals surface area contributed by atoms with E-state index in [2.05, 4.69) is 216 Å². The third-order valence-corrected chi connectivity index (χ3v) is 14.0. The molecule has 0 bridgehead atoms. The van der Waals surface area contributed by atoms with Crippen LogP contribution in [0.1, 0.15) is 22.3 Å². The summed E-state index contributed by atoms with van der Waals surface area (Å²) in [4.78, 5) is 2.45. The van der Waals surface area contributed by atoms with Crippen molar-refractivity contribution in [2.45, 2.75) is 5.41 Å². The fourth-order valence-corrected chi connectivity index (χ4v) is 11.8. The summed E-state index contributed by atoms with van der Waals surface area (Å²) < 4.78 is 5.02. The first-order valence-electron chi connectivity index (χ1n) is 20.0. The lowest BCUT2D eigenvalue weighted by atomic mass is 9.70. The zero-order valence-corrected chi connectivity index (χ0v) is 32.2. The Balaban J connectivity index is 1.03. The van der Waals surface area contributed by atoms with Gasteiger partial charge in [0.15, 0.2) is 0 Å². The monoisotopic (exact) mass is 754 g/mol. The summed E-state index contributed by atoms with van der Waals surface area (Å²) >= 11 is 1.89. The number of thiophene rings is 1. The molecular formula is C55H34N2S. The molecule has 0 saturated heterocycles. The van der Waals surface area contributed by atoms with Gasteiger partial charge in [-0.1, -0.05) is 152 Å².